The number of rotatable bonds is 6. The highest BCUT2D eigenvalue weighted by Gasteiger charge is 2.28. The molecule has 0 bridgehead atoms. The third-order valence-electron chi connectivity index (χ3n) is 7.26. The van der Waals surface area contributed by atoms with Crippen molar-refractivity contribution in [2.45, 2.75) is 44.3 Å². The molecular weight excluding hydrogens is 414 g/mol. The van der Waals surface area contributed by atoms with Gasteiger partial charge in [0.1, 0.15) is 0 Å². The highest BCUT2D eigenvalue weighted by atomic mass is 16.5. The van der Waals surface area contributed by atoms with Gasteiger partial charge < -0.3 is 15.4 Å². The largest absolute Gasteiger partial charge is 0.379 e. The van der Waals surface area contributed by atoms with Crippen LogP contribution in [-0.2, 0) is 28.9 Å². The van der Waals surface area contributed by atoms with Crippen LogP contribution in [0, 0.1) is 0 Å². The predicted octanol–water partition coefficient (Wildman–Crippen LogP) is 2.38. The van der Waals surface area contributed by atoms with E-state index in [4.69, 9.17) is 9.72 Å². The van der Waals surface area contributed by atoms with Crippen molar-refractivity contribution < 1.29 is 9.53 Å². The van der Waals surface area contributed by atoms with E-state index in [0.29, 0.717) is 31.8 Å². The Hall–Kier alpha value is -2.32. The molecular formula is C26H35N5O2. The van der Waals surface area contributed by atoms with Crippen molar-refractivity contribution in [1.82, 2.24) is 20.1 Å². The zero-order chi connectivity index (χ0) is 22.6. The van der Waals surface area contributed by atoms with Gasteiger partial charge >= 0.3 is 0 Å². The Balaban J connectivity index is 1.23. The minimum atomic E-state index is 0.0578. The van der Waals surface area contributed by atoms with Gasteiger partial charge in [-0.2, -0.15) is 0 Å². The summed E-state index contributed by atoms with van der Waals surface area (Å²) in [7, 11) is 2.22. The Morgan fingerprint density at radius 3 is 2.97 bits per heavy atom. The summed E-state index contributed by atoms with van der Waals surface area (Å²) in [5, 5.41) is 6.91. The zero-order valence-electron chi connectivity index (χ0n) is 19.6. The molecule has 1 fully saturated rings. The van der Waals surface area contributed by atoms with Crippen molar-refractivity contribution in [1.29, 1.82) is 0 Å². The van der Waals surface area contributed by atoms with E-state index in [1.165, 1.54) is 28.8 Å². The zero-order valence-corrected chi connectivity index (χ0v) is 19.6. The molecule has 2 N–H and O–H groups in total. The fourth-order valence-corrected chi connectivity index (χ4v) is 5.50. The molecule has 1 aromatic carbocycles. The van der Waals surface area contributed by atoms with Gasteiger partial charge in [-0.15, -0.1) is 0 Å². The van der Waals surface area contributed by atoms with Gasteiger partial charge in [0, 0.05) is 44.1 Å². The molecule has 2 aromatic rings. The first kappa shape index (κ1) is 22.5. The summed E-state index contributed by atoms with van der Waals surface area (Å²) in [6.45, 7) is 5.25. The average molecular weight is 450 g/mol. The molecule has 0 spiro atoms. The monoisotopic (exact) mass is 449 g/mol. The van der Waals surface area contributed by atoms with E-state index >= 15 is 0 Å². The molecule has 1 aliphatic carbocycles. The highest BCUT2D eigenvalue weighted by Crippen LogP contribution is 2.33. The summed E-state index contributed by atoms with van der Waals surface area (Å²) >= 11 is 0. The highest BCUT2D eigenvalue weighted by molar-refractivity contribution is 5.93. The van der Waals surface area contributed by atoms with Crippen LogP contribution in [0.4, 0.5) is 5.69 Å². The van der Waals surface area contributed by atoms with Crippen LogP contribution in [0.25, 0.3) is 0 Å². The molecule has 7 nitrogen and oxygen atoms in total. The van der Waals surface area contributed by atoms with Gasteiger partial charge in [-0.3, -0.25) is 19.6 Å². The molecule has 0 radical (unpaired) electrons. The second-order valence-electron chi connectivity index (χ2n) is 9.56. The quantitative estimate of drug-likeness (QED) is 0.706. The van der Waals surface area contributed by atoms with Crippen molar-refractivity contribution >= 4 is 11.6 Å². The van der Waals surface area contributed by atoms with Gasteiger partial charge in [-0.05, 0) is 61.6 Å². The van der Waals surface area contributed by atoms with Crippen LogP contribution in [0.3, 0.4) is 0 Å². The number of ether oxygens (including phenoxy) is 1. The normalized spacial score (nSPS) is 23.1. The second-order valence-corrected chi connectivity index (χ2v) is 9.56. The summed E-state index contributed by atoms with van der Waals surface area (Å²) in [5.41, 5.74) is 6.16. The number of morpholine rings is 1. The Kier molecular flexibility index (Phi) is 7.02. The summed E-state index contributed by atoms with van der Waals surface area (Å²) in [6, 6.07) is 11.3. The van der Waals surface area contributed by atoms with E-state index in [1.807, 2.05) is 18.3 Å². The second kappa shape index (κ2) is 10.3. The number of nitrogens with one attached hydrogen (secondary N) is 2. The van der Waals surface area contributed by atoms with Crippen molar-refractivity contribution in [3.63, 3.8) is 0 Å². The summed E-state index contributed by atoms with van der Waals surface area (Å²) in [4.78, 5) is 22.1. The van der Waals surface area contributed by atoms with E-state index in [9.17, 15) is 4.79 Å². The lowest BCUT2D eigenvalue weighted by atomic mass is 9.90. The third-order valence-corrected chi connectivity index (χ3v) is 7.26. The molecule has 0 saturated carbocycles. The van der Waals surface area contributed by atoms with Gasteiger partial charge in [0.2, 0.25) is 5.91 Å². The summed E-state index contributed by atoms with van der Waals surface area (Å²) in [5.74, 6) is 0.0578. The molecule has 2 atom stereocenters. The number of likely N-dealkylation sites (N-methyl/N-ethyl adjacent to an activating group) is 1. The van der Waals surface area contributed by atoms with E-state index in [-0.39, 0.29) is 5.91 Å². The number of carbonyl (C=O) groups excluding carboxylic acids is 1. The number of aromatic nitrogens is 1. The number of hydrogen-bond acceptors (Lipinski definition) is 6. The number of benzene rings is 1. The first-order chi connectivity index (χ1) is 16.2. The van der Waals surface area contributed by atoms with Crippen LogP contribution in [0.5, 0.6) is 0 Å². The van der Waals surface area contributed by atoms with Crippen molar-refractivity contribution in [3.8, 4) is 0 Å². The molecule has 0 unspecified atom stereocenters. The van der Waals surface area contributed by atoms with Crippen LogP contribution in [0.1, 0.15) is 41.3 Å². The Labute approximate surface area is 196 Å². The van der Waals surface area contributed by atoms with Gasteiger partial charge in [-0.25, -0.2) is 0 Å². The van der Waals surface area contributed by atoms with Crippen LogP contribution in [0.2, 0.25) is 0 Å². The number of pyridine rings is 1. The average Bonchev–Trinajstić information content (AvgIpc) is 2.84. The lowest BCUT2D eigenvalue weighted by molar-refractivity contribution is -0.118. The maximum absolute atomic E-state index is 12.7. The Morgan fingerprint density at radius 2 is 2.09 bits per heavy atom. The molecule has 176 valence electrons. The maximum atomic E-state index is 12.7. The van der Waals surface area contributed by atoms with Crippen molar-refractivity contribution in [3.05, 3.63) is 58.9 Å². The SMILES string of the molecule is CN(C[C@H]1Cc2c(cccc2NC(=O)CN2CCOCC2)CN1)[C@H]1CCCc2cccnc21. The Morgan fingerprint density at radius 1 is 1.24 bits per heavy atom. The number of hydrogen-bond donors (Lipinski definition) is 2. The van der Waals surface area contributed by atoms with Crippen LogP contribution < -0.4 is 10.6 Å². The summed E-state index contributed by atoms with van der Waals surface area (Å²) < 4.78 is 5.39. The number of anilines is 1. The minimum absolute atomic E-state index is 0.0578. The smallest absolute Gasteiger partial charge is 0.238 e. The number of fused-ring (bicyclic) bond motifs is 2. The van der Waals surface area contributed by atoms with E-state index in [1.54, 1.807) is 0 Å². The fourth-order valence-electron chi connectivity index (χ4n) is 5.50. The van der Waals surface area contributed by atoms with Crippen molar-refractivity contribution in [2.24, 2.45) is 0 Å². The molecule has 1 amide bonds. The van der Waals surface area contributed by atoms with Crippen LogP contribution in [0.15, 0.2) is 36.5 Å². The van der Waals surface area contributed by atoms with Crippen molar-refractivity contribution in [2.75, 3.05) is 51.8 Å². The number of aryl methyl sites for hydroxylation is 1. The van der Waals surface area contributed by atoms with E-state index in [0.717, 1.165) is 51.1 Å². The summed E-state index contributed by atoms with van der Waals surface area (Å²) in [6.07, 6.45) is 6.35. The van der Waals surface area contributed by atoms with Gasteiger partial charge in [0.25, 0.3) is 0 Å². The molecule has 3 aliphatic rings. The standard InChI is InChI=1S/C26H35N5O2/c1-30(24-9-3-5-19-7-4-10-27-26(19)24)17-21-15-22-20(16-28-21)6-2-8-23(22)29-25(32)18-31-11-13-33-14-12-31/h2,4,6-8,10,21,24,28H,3,5,9,11-18H2,1H3,(H,29,32)/t21-,24+/m1/s1. The molecule has 2 aliphatic heterocycles. The molecule has 33 heavy (non-hydrogen) atoms. The predicted molar refractivity (Wildman–Crippen MR) is 129 cm³/mol. The van der Waals surface area contributed by atoms with E-state index < -0.39 is 0 Å². The topological polar surface area (TPSA) is 69.7 Å². The maximum Gasteiger partial charge on any atom is 0.238 e. The van der Waals surface area contributed by atoms with Gasteiger partial charge in [0.15, 0.2) is 0 Å². The van der Waals surface area contributed by atoms with Crippen LogP contribution in [-0.4, -0.2) is 73.2 Å². The number of carbonyl (C=O) groups is 1. The number of nitrogens with zero attached hydrogens (tertiary/aromatic N) is 3. The lowest BCUT2D eigenvalue weighted by Gasteiger charge is -2.36. The number of amides is 1. The molecule has 5 rings (SSSR count). The van der Waals surface area contributed by atoms with Crippen LogP contribution >= 0.6 is 0 Å². The first-order valence-corrected chi connectivity index (χ1v) is 12.3. The van der Waals surface area contributed by atoms with E-state index in [2.05, 4.69) is 45.7 Å². The fraction of sp³-hybridized carbons (Fsp3) is 0.538. The Bertz CT molecular complexity index is 975. The lowest BCUT2D eigenvalue weighted by Crippen LogP contribution is -2.45. The van der Waals surface area contributed by atoms with Gasteiger partial charge in [0.05, 0.1) is 31.5 Å². The molecule has 7 heteroatoms. The molecule has 1 saturated heterocycles. The third kappa shape index (κ3) is 5.27. The molecule has 3 heterocycles. The minimum Gasteiger partial charge on any atom is -0.379 e. The first-order valence-electron chi connectivity index (χ1n) is 12.3. The molecule has 1 aromatic heterocycles. The van der Waals surface area contributed by atoms with Gasteiger partial charge in [-0.1, -0.05) is 18.2 Å².